The van der Waals surface area contributed by atoms with Crippen LogP contribution in [0.15, 0.2) is 60.7 Å². The minimum absolute atomic E-state index is 0.0138. The Kier molecular flexibility index (Phi) is 7.71. The highest BCUT2D eigenvalue weighted by Gasteiger charge is 2.34. The van der Waals surface area contributed by atoms with Crippen molar-refractivity contribution in [1.29, 1.82) is 0 Å². The SMILES string of the molecule is COc1ccc2cc1Oc1ccc(cc1)CC1c3cc(OC)c(cc3CCN1C)Oc1c(O)c(OC)cc3c1C(C2)N(C)CC3. The van der Waals surface area contributed by atoms with Gasteiger partial charge in [0.05, 0.1) is 21.3 Å². The molecule has 0 aliphatic carbocycles. The van der Waals surface area contributed by atoms with E-state index in [0.717, 1.165) is 54.8 Å². The highest BCUT2D eigenvalue weighted by atomic mass is 16.5. The normalized spacial score (nSPS) is 19.4. The van der Waals surface area contributed by atoms with Gasteiger partial charge in [-0.2, -0.15) is 0 Å². The number of phenolic OH excluding ortho intramolecular Hbond substituents is 1. The van der Waals surface area contributed by atoms with E-state index in [1.807, 2.05) is 30.3 Å². The van der Waals surface area contributed by atoms with Gasteiger partial charge in [-0.25, -0.2) is 0 Å². The van der Waals surface area contributed by atoms with E-state index in [1.54, 1.807) is 21.3 Å². The number of hydrogen-bond donors (Lipinski definition) is 1. The van der Waals surface area contributed by atoms with Gasteiger partial charge in [-0.1, -0.05) is 18.2 Å². The maximum absolute atomic E-state index is 11.6. The maximum Gasteiger partial charge on any atom is 0.201 e. The first-order valence-corrected chi connectivity index (χ1v) is 15.5. The molecule has 5 aliphatic heterocycles. The monoisotopic (exact) mass is 608 g/mol. The summed E-state index contributed by atoms with van der Waals surface area (Å²) in [5, 5.41) is 11.6. The summed E-state index contributed by atoms with van der Waals surface area (Å²) in [5.41, 5.74) is 6.78. The van der Waals surface area contributed by atoms with Crippen molar-refractivity contribution in [2.24, 2.45) is 0 Å². The number of benzene rings is 4. The summed E-state index contributed by atoms with van der Waals surface area (Å²) in [6.07, 6.45) is 3.20. The number of phenols is 1. The highest BCUT2D eigenvalue weighted by Crippen LogP contribution is 2.51. The lowest BCUT2D eigenvalue weighted by atomic mass is 9.87. The average Bonchev–Trinajstić information content (AvgIpc) is 3.05. The fourth-order valence-corrected chi connectivity index (χ4v) is 7.10. The summed E-state index contributed by atoms with van der Waals surface area (Å²) < 4.78 is 30.5. The fraction of sp³-hybridized carbons (Fsp3) is 0.351. The van der Waals surface area contributed by atoms with Crippen molar-refractivity contribution in [1.82, 2.24) is 9.80 Å². The lowest BCUT2D eigenvalue weighted by Crippen LogP contribution is -2.34. The zero-order valence-corrected chi connectivity index (χ0v) is 26.6. The molecule has 4 aromatic rings. The van der Waals surface area contributed by atoms with E-state index in [9.17, 15) is 5.11 Å². The fourth-order valence-electron chi connectivity index (χ4n) is 7.10. The number of fused-ring (bicyclic) bond motifs is 1. The van der Waals surface area contributed by atoms with Crippen molar-refractivity contribution in [2.45, 2.75) is 37.8 Å². The molecular weight excluding hydrogens is 568 g/mol. The third-order valence-corrected chi connectivity index (χ3v) is 9.66. The molecule has 0 saturated heterocycles. The van der Waals surface area contributed by atoms with E-state index in [0.29, 0.717) is 40.9 Å². The van der Waals surface area contributed by atoms with Crippen LogP contribution in [0.1, 0.15) is 45.5 Å². The summed E-state index contributed by atoms with van der Waals surface area (Å²) in [6, 6.07) is 20.7. The Hall–Kier alpha value is -4.40. The van der Waals surface area contributed by atoms with Crippen LogP contribution in [0.25, 0.3) is 0 Å². The first-order valence-electron chi connectivity index (χ1n) is 15.5. The predicted octanol–water partition coefficient (Wildman–Crippen LogP) is 6.86. The summed E-state index contributed by atoms with van der Waals surface area (Å²) in [6.45, 7) is 1.78. The van der Waals surface area contributed by atoms with Crippen LogP contribution in [0.5, 0.6) is 46.0 Å². The van der Waals surface area contributed by atoms with Crippen molar-refractivity contribution < 1.29 is 28.8 Å². The van der Waals surface area contributed by atoms with Gasteiger partial charge in [-0.3, -0.25) is 9.80 Å². The molecule has 0 spiro atoms. The second-order valence-corrected chi connectivity index (χ2v) is 12.3. The maximum atomic E-state index is 11.6. The second-order valence-electron chi connectivity index (χ2n) is 12.3. The summed E-state index contributed by atoms with van der Waals surface area (Å²) in [5.74, 6) is 4.09. The second kappa shape index (κ2) is 11.8. The summed E-state index contributed by atoms with van der Waals surface area (Å²) in [7, 11) is 9.20. The molecule has 0 saturated carbocycles. The van der Waals surface area contributed by atoms with Crippen LogP contribution in [-0.4, -0.2) is 63.4 Å². The van der Waals surface area contributed by atoms with Gasteiger partial charge in [0.15, 0.2) is 34.5 Å². The molecule has 2 atom stereocenters. The van der Waals surface area contributed by atoms with Crippen LogP contribution in [0.4, 0.5) is 0 Å². The van der Waals surface area contributed by atoms with Crippen LogP contribution < -0.4 is 23.7 Å². The summed E-state index contributed by atoms with van der Waals surface area (Å²) >= 11 is 0. The first kappa shape index (κ1) is 29.3. The largest absolute Gasteiger partial charge is 0.502 e. The molecule has 0 radical (unpaired) electrons. The highest BCUT2D eigenvalue weighted by molar-refractivity contribution is 5.63. The van der Waals surface area contributed by atoms with Crippen molar-refractivity contribution in [2.75, 3.05) is 48.5 Å². The van der Waals surface area contributed by atoms with E-state index in [-0.39, 0.29) is 17.8 Å². The van der Waals surface area contributed by atoms with Crippen LogP contribution in [-0.2, 0) is 25.7 Å². The predicted molar refractivity (Wildman–Crippen MR) is 173 cm³/mol. The van der Waals surface area contributed by atoms with Gasteiger partial charge in [-0.05, 0) is 110 Å². The molecule has 5 heterocycles. The van der Waals surface area contributed by atoms with Gasteiger partial charge in [0.1, 0.15) is 5.75 Å². The van der Waals surface area contributed by atoms with E-state index in [4.69, 9.17) is 23.7 Å². The standard InChI is InChI=1S/C37H40N2O6/c1-38-14-12-24-19-33-31(42-4)21-27(24)28(38)16-22-6-9-26(10-7-22)44-32-18-23(8-11-30(32)41-3)17-29-35-25(13-15-39(29)2)20-34(43-5)36(40)37(35)45-33/h6-11,18-21,28-29,40H,12-17H2,1-5H3. The number of ether oxygens (including phenoxy) is 5. The molecule has 8 heteroatoms. The number of hydrogen-bond acceptors (Lipinski definition) is 8. The number of nitrogens with zero attached hydrogens (tertiary/aromatic N) is 2. The Bertz CT molecular complexity index is 1740. The molecule has 0 fully saturated rings. The van der Waals surface area contributed by atoms with Gasteiger partial charge in [-0.15, -0.1) is 0 Å². The van der Waals surface area contributed by atoms with E-state index < -0.39 is 0 Å². The molecule has 5 aliphatic rings. The van der Waals surface area contributed by atoms with Crippen LogP contribution >= 0.6 is 0 Å². The number of methoxy groups -OCH3 is 3. The first-order chi connectivity index (χ1) is 21.9. The van der Waals surface area contributed by atoms with Crippen molar-refractivity contribution >= 4 is 0 Å². The Balaban J connectivity index is 1.44. The Morgan fingerprint density at radius 2 is 1.31 bits per heavy atom. The zero-order chi connectivity index (χ0) is 31.2. The van der Waals surface area contributed by atoms with Gasteiger partial charge < -0.3 is 28.8 Å². The molecule has 0 amide bonds. The molecule has 234 valence electrons. The Morgan fingerprint density at radius 3 is 2.04 bits per heavy atom. The third kappa shape index (κ3) is 5.32. The third-order valence-electron chi connectivity index (χ3n) is 9.66. The molecule has 45 heavy (non-hydrogen) atoms. The molecule has 8 nitrogen and oxygen atoms in total. The molecular formula is C37H40N2O6. The van der Waals surface area contributed by atoms with Gasteiger partial charge >= 0.3 is 0 Å². The quantitative estimate of drug-likeness (QED) is 0.271. The number of aromatic hydroxyl groups is 1. The topological polar surface area (TPSA) is 72.9 Å². The van der Waals surface area contributed by atoms with E-state index >= 15 is 0 Å². The average molecular weight is 609 g/mol. The van der Waals surface area contributed by atoms with Crippen LogP contribution in [0.3, 0.4) is 0 Å². The Labute approximate surface area is 264 Å². The van der Waals surface area contributed by atoms with E-state index in [2.05, 4.69) is 54.2 Å². The molecule has 9 rings (SSSR count). The molecule has 0 aromatic heterocycles. The van der Waals surface area contributed by atoms with Crippen LogP contribution in [0.2, 0.25) is 0 Å². The van der Waals surface area contributed by atoms with E-state index in [1.165, 1.54) is 16.7 Å². The molecule has 8 bridgehead atoms. The minimum Gasteiger partial charge on any atom is -0.502 e. The smallest absolute Gasteiger partial charge is 0.201 e. The van der Waals surface area contributed by atoms with Crippen molar-refractivity contribution in [3.63, 3.8) is 0 Å². The van der Waals surface area contributed by atoms with Crippen molar-refractivity contribution in [3.05, 3.63) is 94.0 Å². The van der Waals surface area contributed by atoms with Crippen LogP contribution in [0, 0.1) is 0 Å². The zero-order valence-electron chi connectivity index (χ0n) is 26.6. The number of likely N-dealkylation sites (N-methyl/N-ethyl adjacent to an activating group) is 2. The summed E-state index contributed by atoms with van der Waals surface area (Å²) in [4.78, 5) is 4.72. The van der Waals surface area contributed by atoms with Crippen molar-refractivity contribution in [3.8, 4) is 46.0 Å². The Morgan fingerprint density at radius 1 is 0.667 bits per heavy atom. The van der Waals surface area contributed by atoms with Gasteiger partial charge in [0.2, 0.25) is 5.75 Å². The lowest BCUT2D eigenvalue weighted by Gasteiger charge is -2.37. The molecule has 2 unspecified atom stereocenters. The van der Waals surface area contributed by atoms with Gasteiger partial charge in [0.25, 0.3) is 0 Å². The molecule has 1 N–H and O–H groups in total. The minimum atomic E-state index is -0.0789. The lowest BCUT2D eigenvalue weighted by molar-refractivity contribution is 0.221. The number of rotatable bonds is 3. The van der Waals surface area contributed by atoms with Gasteiger partial charge in [0, 0.05) is 30.7 Å². The molecule has 4 aromatic carbocycles.